The van der Waals surface area contributed by atoms with E-state index in [0.717, 1.165) is 56.6 Å². The smallest absolute Gasteiger partial charge is 0.191 e. The van der Waals surface area contributed by atoms with E-state index in [-0.39, 0.29) is 24.0 Å². The predicted octanol–water partition coefficient (Wildman–Crippen LogP) is 2.94. The van der Waals surface area contributed by atoms with Gasteiger partial charge in [0.1, 0.15) is 12.2 Å². The standard InChI is InChI=1S/C16H32N6S.HI/c1-4-6-7-8-9-17-16(19-11-13-23-3)18-10-12-22-14-20-21-15(22)5-2;/h14H,4-13H2,1-3H3,(H2,17,18,19);1H. The van der Waals surface area contributed by atoms with Crippen molar-refractivity contribution in [2.45, 2.75) is 52.5 Å². The summed E-state index contributed by atoms with van der Waals surface area (Å²) in [4.78, 5) is 4.67. The molecule has 0 unspecified atom stereocenters. The first-order valence-corrected chi connectivity index (χ1v) is 10.1. The van der Waals surface area contributed by atoms with Gasteiger partial charge in [-0.25, -0.2) is 0 Å². The van der Waals surface area contributed by atoms with Gasteiger partial charge in [0, 0.05) is 38.4 Å². The number of halogens is 1. The molecule has 2 N–H and O–H groups in total. The van der Waals surface area contributed by atoms with Crippen LogP contribution < -0.4 is 10.6 Å². The van der Waals surface area contributed by atoms with Gasteiger partial charge in [0.25, 0.3) is 0 Å². The minimum atomic E-state index is 0. The lowest BCUT2D eigenvalue weighted by Crippen LogP contribution is -2.40. The molecule has 8 heteroatoms. The van der Waals surface area contributed by atoms with Crippen molar-refractivity contribution in [1.29, 1.82) is 0 Å². The SMILES string of the molecule is CCCCCCN=C(NCCSC)NCCn1cnnc1CC.I. The van der Waals surface area contributed by atoms with Crippen molar-refractivity contribution >= 4 is 41.7 Å². The molecule has 0 aliphatic heterocycles. The van der Waals surface area contributed by atoms with E-state index < -0.39 is 0 Å². The molecular weight excluding hydrogens is 435 g/mol. The highest BCUT2D eigenvalue weighted by atomic mass is 127. The molecule has 6 nitrogen and oxygen atoms in total. The van der Waals surface area contributed by atoms with Crippen LogP contribution in [0, 0.1) is 0 Å². The quantitative estimate of drug-likeness (QED) is 0.214. The number of nitrogens with one attached hydrogen (secondary N) is 2. The average Bonchev–Trinajstić information content (AvgIpc) is 3.02. The van der Waals surface area contributed by atoms with Crippen LogP contribution in [0.2, 0.25) is 0 Å². The van der Waals surface area contributed by atoms with Gasteiger partial charge in [-0.3, -0.25) is 4.99 Å². The molecule has 0 saturated heterocycles. The number of aliphatic imine (C=N–C) groups is 1. The van der Waals surface area contributed by atoms with Gasteiger partial charge < -0.3 is 15.2 Å². The molecule has 0 amide bonds. The second-order valence-electron chi connectivity index (χ2n) is 5.43. The van der Waals surface area contributed by atoms with Crippen LogP contribution in [0.4, 0.5) is 0 Å². The number of thioether (sulfide) groups is 1. The molecule has 24 heavy (non-hydrogen) atoms. The Balaban J connectivity index is 0.00000529. The van der Waals surface area contributed by atoms with Crippen molar-refractivity contribution in [2.24, 2.45) is 4.99 Å². The van der Waals surface area contributed by atoms with E-state index in [2.05, 4.69) is 50.5 Å². The zero-order valence-corrected chi connectivity index (χ0v) is 18.4. The van der Waals surface area contributed by atoms with Crippen LogP contribution in [0.5, 0.6) is 0 Å². The number of hydrogen-bond donors (Lipinski definition) is 2. The van der Waals surface area contributed by atoms with Gasteiger partial charge in [-0.05, 0) is 12.7 Å². The summed E-state index contributed by atoms with van der Waals surface area (Å²) in [6.45, 7) is 7.84. The maximum atomic E-state index is 4.67. The number of guanidine groups is 1. The van der Waals surface area contributed by atoms with E-state index in [9.17, 15) is 0 Å². The molecule has 0 spiro atoms. The summed E-state index contributed by atoms with van der Waals surface area (Å²) in [6, 6.07) is 0. The van der Waals surface area contributed by atoms with E-state index in [1.54, 1.807) is 6.33 Å². The van der Waals surface area contributed by atoms with Gasteiger partial charge in [-0.15, -0.1) is 34.2 Å². The Morgan fingerprint density at radius 3 is 2.71 bits per heavy atom. The Morgan fingerprint density at radius 2 is 2.00 bits per heavy atom. The number of unbranched alkanes of at least 4 members (excludes halogenated alkanes) is 3. The second-order valence-corrected chi connectivity index (χ2v) is 6.42. The maximum Gasteiger partial charge on any atom is 0.191 e. The Labute approximate surface area is 168 Å². The first kappa shape index (κ1) is 23.5. The Morgan fingerprint density at radius 1 is 1.21 bits per heavy atom. The van der Waals surface area contributed by atoms with Crippen LogP contribution >= 0.6 is 35.7 Å². The van der Waals surface area contributed by atoms with Crippen LogP contribution in [0.25, 0.3) is 0 Å². The van der Waals surface area contributed by atoms with Crippen molar-refractivity contribution in [2.75, 3.05) is 31.6 Å². The molecule has 0 radical (unpaired) electrons. The normalized spacial score (nSPS) is 11.2. The zero-order valence-electron chi connectivity index (χ0n) is 15.3. The molecule has 0 fully saturated rings. The van der Waals surface area contributed by atoms with E-state index in [1.165, 1.54) is 19.3 Å². The predicted molar refractivity (Wildman–Crippen MR) is 116 cm³/mol. The number of aromatic nitrogens is 3. The largest absolute Gasteiger partial charge is 0.356 e. The van der Waals surface area contributed by atoms with Gasteiger partial charge in [-0.1, -0.05) is 33.1 Å². The fraction of sp³-hybridized carbons (Fsp3) is 0.812. The summed E-state index contributed by atoms with van der Waals surface area (Å²) in [5, 5.41) is 14.9. The molecule has 1 aromatic rings. The van der Waals surface area contributed by atoms with Gasteiger partial charge >= 0.3 is 0 Å². The highest BCUT2D eigenvalue weighted by Crippen LogP contribution is 1.99. The van der Waals surface area contributed by atoms with Crippen LogP contribution in [0.1, 0.15) is 45.4 Å². The van der Waals surface area contributed by atoms with Crippen LogP contribution in [0.3, 0.4) is 0 Å². The number of aryl methyl sites for hydroxylation is 1. The first-order chi connectivity index (χ1) is 11.3. The summed E-state index contributed by atoms with van der Waals surface area (Å²) in [6.07, 6.45) is 9.81. The summed E-state index contributed by atoms with van der Waals surface area (Å²) in [5.41, 5.74) is 0. The third-order valence-corrected chi connectivity index (χ3v) is 4.15. The minimum Gasteiger partial charge on any atom is -0.356 e. The molecule has 0 aromatic carbocycles. The van der Waals surface area contributed by atoms with E-state index in [0.29, 0.717) is 0 Å². The molecule has 1 rings (SSSR count). The highest BCUT2D eigenvalue weighted by molar-refractivity contribution is 14.0. The van der Waals surface area contributed by atoms with Gasteiger partial charge in [-0.2, -0.15) is 11.8 Å². The number of hydrogen-bond acceptors (Lipinski definition) is 4. The van der Waals surface area contributed by atoms with E-state index >= 15 is 0 Å². The monoisotopic (exact) mass is 468 g/mol. The lowest BCUT2D eigenvalue weighted by molar-refractivity contribution is 0.630. The zero-order chi connectivity index (χ0) is 16.8. The Hall–Kier alpha value is -0.510. The average molecular weight is 468 g/mol. The maximum absolute atomic E-state index is 4.67. The van der Waals surface area contributed by atoms with Gasteiger partial charge in [0.2, 0.25) is 0 Å². The molecule has 0 atom stereocenters. The van der Waals surface area contributed by atoms with Gasteiger partial charge in [0.15, 0.2) is 5.96 Å². The molecule has 0 aliphatic rings. The molecule has 0 saturated carbocycles. The van der Waals surface area contributed by atoms with Gasteiger partial charge in [0.05, 0.1) is 0 Å². The Bertz CT molecular complexity index is 438. The minimum absolute atomic E-state index is 0. The van der Waals surface area contributed by atoms with Crippen molar-refractivity contribution in [3.8, 4) is 0 Å². The topological polar surface area (TPSA) is 67.1 Å². The summed E-state index contributed by atoms with van der Waals surface area (Å²) < 4.78 is 2.09. The first-order valence-electron chi connectivity index (χ1n) is 8.69. The van der Waals surface area contributed by atoms with Crippen LogP contribution in [-0.2, 0) is 13.0 Å². The van der Waals surface area contributed by atoms with Crippen LogP contribution in [0.15, 0.2) is 11.3 Å². The lowest BCUT2D eigenvalue weighted by atomic mass is 10.2. The third-order valence-electron chi connectivity index (χ3n) is 3.54. The molecule has 0 bridgehead atoms. The number of rotatable bonds is 12. The van der Waals surface area contributed by atoms with E-state index in [1.807, 2.05) is 11.8 Å². The summed E-state index contributed by atoms with van der Waals surface area (Å²) in [7, 11) is 0. The molecule has 1 aromatic heterocycles. The van der Waals surface area contributed by atoms with Crippen molar-refractivity contribution in [3.63, 3.8) is 0 Å². The summed E-state index contributed by atoms with van der Waals surface area (Å²) >= 11 is 1.84. The molecule has 0 aliphatic carbocycles. The second kappa shape index (κ2) is 16.0. The fourth-order valence-corrected chi connectivity index (χ4v) is 2.52. The summed E-state index contributed by atoms with van der Waals surface area (Å²) in [5.74, 6) is 3.03. The van der Waals surface area contributed by atoms with Crippen LogP contribution in [-0.4, -0.2) is 52.4 Å². The van der Waals surface area contributed by atoms with E-state index in [4.69, 9.17) is 0 Å². The van der Waals surface area contributed by atoms with Crippen molar-refractivity contribution in [3.05, 3.63) is 12.2 Å². The third kappa shape index (κ3) is 10.4. The van der Waals surface area contributed by atoms with Crippen molar-refractivity contribution in [1.82, 2.24) is 25.4 Å². The lowest BCUT2D eigenvalue weighted by Gasteiger charge is -2.13. The van der Waals surface area contributed by atoms with Crippen molar-refractivity contribution < 1.29 is 0 Å². The number of nitrogens with zero attached hydrogens (tertiary/aromatic N) is 4. The molecule has 140 valence electrons. The Kier molecular flexibility index (Phi) is 15.6. The molecule has 1 heterocycles. The highest BCUT2D eigenvalue weighted by Gasteiger charge is 2.02. The molecular formula is C16H33IN6S. The fourth-order valence-electron chi connectivity index (χ4n) is 2.21.